The number of amides is 1. The Morgan fingerprint density at radius 3 is 2.15 bits per heavy atom. The van der Waals surface area contributed by atoms with Gasteiger partial charge in [0.2, 0.25) is 0 Å². The van der Waals surface area contributed by atoms with E-state index < -0.39 is 0 Å². The van der Waals surface area contributed by atoms with Crippen LogP contribution in [0.4, 0.5) is 0 Å². The van der Waals surface area contributed by atoms with E-state index in [-0.39, 0.29) is 18.1 Å². The van der Waals surface area contributed by atoms with Crippen LogP contribution >= 0.6 is 0 Å². The van der Waals surface area contributed by atoms with Crippen molar-refractivity contribution < 1.29 is 23.7 Å². The number of carbonyl (C=O) groups excluding carboxylic acids is 1. The Labute approximate surface area is 193 Å². The molecule has 1 aliphatic rings. The minimum absolute atomic E-state index is 0.0313. The molecular formula is C25H29N3O5. The van der Waals surface area contributed by atoms with E-state index >= 15 is 0 Å². The van der Waals surface area contributed by atoms with Crippen molar-refractivity contribution in [1.82, 2.24) is 14.7 Å². The quantitative estimate of drug-likeness (QED) is 0.567. The van der Waals surface area contributed by atoms with Crippen molar-refractivity contribution in [1.29, 1.82) is 0 Å². The molecule has 2 aromatic carbocycles. The summed E-state index contributed by atoms with van der Waals surface area (Å²) in [7, 11) is 4.82. The first-order valence-corrected chi connectivity index (χ1v) is 10.8. The molecule has 1 fully saturated rings. The largest absolute Gasteiger partial charge is 0.497 e. The molecule has 0 saturated carbocycles. The van der Waals surface area contributed by atoms with E-state index in [9.17, 15) is 4.79 Å². The molecule has 174 valence electrons. The zero-order valence-corrected chi connectivity index (χ0v) is 19.6. The molecule has 33 heavy (non-hydrogen) atoms. The van der Waals surface area contributed by atoms with Gasteiger partial charge in [-0.05, 0) is 56.3 Å². The molecule has 0 N–H and O–H groups in total. The lowest BCUT2D eigenvalue weighted by Gasteiger charge is -2.35. The minimum Gasteiger partial charge on any atom is -0.497 e. The summed E-state index contributed by atoms with van der Waals surface area (Å²) in [5.41, 5.74) is 2.62. The number of rotatable bonds is 6. The third kappa shape index (κ3) is 4.66. The van der Waals surface area contributed by atoms with Crippen LogP contribution in [0.5, 0.6) is 17.2 Å². The summed E-state index contributed by atoms with van der Waals surface area (Å²) < 4.78 is 23.7. The van der Waals surface area contributed by atoms with Crippen LogP contribution in [0.3, 0.4) is 0 Å². The van der Waals surface area contributed by atoms with Crippen LogP contribution in [0.1, 0.15) is 24.3 Å². The number of morpholine rings is 1. The lowest BCUT2D eigenvalue weighted by Crippen LogP contribution is -2.48. The summed E-state index contributed by atoms with van der Waals surface area (Å²) in [5, 5.41) is 4.80. The molecule has 0 radical (unpaired) electrons. The summed E-state index contributed by atoms with van der Waals surface area (Å²) in [4.78, 5) is 15.5. The molecule has 1 amide bonds. The molecule has 0 aliphatic carbocycles. The second-order valence-corrected chi connectivity index (χ2v) is 8.06. The van der Waals surface area contributed by atoms with Gasteiger partial charge in [-0.15, -0.1) is 0 Å². The first-order chi connectivity index (χ1) is 15.9. The van der Waals surface area contributed by atoms with Gasteiger partial charge < -0.3 is 23.8 Å². The third-order valence-electron chi connectivity index (χ3n) is 5.64. The Kier molecular flexibility index (Phi) is 6.55. The molecule has 8 heteroatoms. The van der Waals surface area contributed by atoms with Crippen LogP contribution in [0, 0.1) is 0 Å². The van der Waals surface area contributed by atoms with Crippen LogP contribution < -0.4 is 14.2 Å². The lowest BCUT2D eigenvalue weighted by molar-refractivity contribution is -0.0588. The minimum atomic E-state index is -0.0981. The maximum Gasteiger partial charge on any atom is 0.272 e. The van der Waals surface area contributed by atoms with E-state index in [4.69, 9.17) is 24.0 Å². The maximum absolute atomic E-state index is 13.6. The van der Waals surface area contributed by atoms with Gasteiger partial charge in [0.1, 0.15) is 22.9 Å². The number of ether oxygens (including phenoxy) is 4. The van der Waals surface area contributed by atoms with E-state index in [1.54, 1.807) is 32.1 Å². The number of benzene rings is 2. The van der Waals surface area contributed by atoms with E-state index in [1.165, 1.54) is 0 Å². The first-order valence-electron chi connectivity index (χ1n) is 10.8. The predicted octanol–water partition coefficient (Wildman–Crippen LogP) is 3.81. The highest BCUT2D eigenvalue weighted by molar-refractivity contribution is 5.94. The maximum atomic E-state index is 13.6. The fraction of sp³-hybridized carbons (Fsp3) is 0.360. The smallest absolute Gasteiger partial charge is 0.272 e. The Bertz CT molecular complexity index is 1120. The molecule has 0 spiro atoms. The molecule has 1 aliphatic heterocycles. The zero-order valence-electron chi connectivity index (χ0n) is 19.6. The average molecular weight is 452 g/mol. The Morgan fingerprint density at radius 2 is 1.55 bits per heavy atom. The lowest BCUT2D eigenvalue weighted by atomic mass is 10.1. The number of carbonyl (C=O) groups is 1. The van der Waals surface area contributed by atoms with Gasteiger partial charge in [0.15, 0.2) is 0 Å². The van der Waals surface area contributed by atoms with Crippen LogP contribution in [-0.2, 0) is 4.74 Å². The second kappa shape index (κ2) is 9.54. The molecule has 4 rings (SSSR count). The van der Waals surface area contributed by atoms with Crippen LogP contribution in [0.2, 0.25) is 0 Å². The number of aromatic nitrogens is 2. The summed E-state index contributed by atoms with van der Waals surface area (Å²) in [6.45, 7) is 5.00. The van der Waals surface area contributed by atoms with Crippen molar-refractivity contribution in [3.63, 3.8) is 0 Å². The molecule has 2 unspecified atom stereocenters. The van der Waals surface area contributed by atoms with Gasteiger partial charge in [0, 0.05) is 24.7 Å². The summed E-state index contributed by atoms with van der Waals surface area (Å²) in [6, 6.07) is 14.8. The van der Waals surface area contributed by atoms with Crippen LogP contribution in [0.15, 0.2) is 48.5 Å². The third-order valence-corrected chi connectivity index (χ3v) is 5.64. The highest BCUT2D eigenvalue weighted by Crippen LogP contribution is 2.34. The SMILES string of the molecule is COc1ccc(-n2nc(-c3ccc(OC)cc3OC)cc2C(=O)N2CC(C)OC(C)C2)cc1. The van der Waals surface area contributed by atoms with Crippen molar-refractivity contribution in [2.24, 2.45) is 0 Å². The number of nitrogens with zero attached hydrogens (tertiary/aromatic N) is 3. The Morgan fingerprint density at radius 1 is 0.909 bits per heavy atom. The highest BCUT2D eigenvalue weighted by Gasteiger charge is 2.30. The zero-order chi connectivity index (χ0) is 23.5. The number of hydrogen-bond donors (Lipinski definition) is 0. The van der Waals surface area contributed by atoms with E-state index in [0.717, 1.165) is 17.0 Å². The summed E-state index contributed by atoms with van der Waals surface area (Å²) >= 11 is 0. The van der Waals surface area contributed by atoms with Gasteiger partial charge in [0.25, 0.3) is 5.91 Å². The van der Waals surface area contributed by atoms with Gasteiger partial charge in [-0.2, -0.15) is 5.10 Å². The molecule has 1 saturated heterocycles. The summed E-state index contributed by atoms with van der Waals surface area (Å²) in [6.07, 6.45) is -0.0626. The number of hydrogen-bond acceptors (Lipinski definition) is 6. The van der Waals surface area contributed by atoms with Crippen molar-refractivity contribution in [3.05, 3.63) is 54.2 Å². The van der Waals surface area contributed by atoms with Gasteiger partial charge in [-0.1, -0.05) is 0 Å². The van der Waals surface area contributed by atoms with Crippen LogP contribution in [0.25, 0.3) is 16.9 Å². The fourth-order valence-electron chi connectivity index (χ4n) is 4.10. The van der Waals surface area contributed by atoms with Crippen LogP contribution in [-0.4, -0.2) is 67.2 Å². The molecule has 0 bridgehead atoms. The molecule has 2 atom stereocenters. The van der Waals surface area contributed by atoms with E-state index in [1.807, 2.05) is 61.2 Å². The molecule has 3 aromatic rings. The molecule has 8 nitrogen and oxygen atoms in total. The molecule has 1 aromatic heterocycles. The van der Waals surface area contributed by atoms with E-state index in [0.29, 0.717) is 36.0 Å². The number of methoxy groups -OCH3 is 3. The summed E-state index contributed by atoms with van der Waals surface area (Å²) in [5.74, 6) is 1.92. The van der Waals surface area contributed by atoms with Gasteiger partial charge in [0.05, 0.1) is 44.9 Å². The van der Waals surface area contributed by atoms with Gasteiger partial charge >= 0.3 is 0 Å². The molecular weight excluding hydrogens is 422 g/mol. The van der Waals surface area contributed by atoms with Crippen molar-refractivity contribution in [2.45, 2.75) is 26.1 Å². The standard InChI is InChI=1S/C25H29N3O5/c1-16-14-27(15-17(2)33-16)25(29)23-13-22(21-11-10-20(31-4)12-24(21)32-5)26-28(23)18-6-8-19(30-3)9-7-18/h6-13,16-17H,14-15H2,1-5H3. The first kappa shape index (κ1) is 22.7. The predicted molar refractivity (Wildman–Crippen MR) is 125 cm³/mol. The monoisotopic (exact) mass is 451 g/mol. The van der Waals surface area contributed by atoms with Crippen molar-refractivity contribution >= 4 is 5.91 Å². The Hall–Kier alpha value is -3.52. The van der Waals surface area contributed by atoms with Gasteiger partial charge in [-0.25, -0.2) is 4.68 Å². The van der Waals surface area contributed by atoms with Gasteiger partial charge in [-0.3, -0.25) is 4.79 Å². The topological polar surface area (TPSA) is 75.1 Å². The molecule has 2 heterocycles. The average Bonchev–Trinajstić information content (AvgIpc) is 3.27. The second-order valence-electron chi connectivity index (χ2n) is 8.06. The normalized spacial score (nSPS) is 18.2. The van der Waals surface area contributed by atoms with Crippen molar-refractivity contribution in [3.8, 4) is 34.2 Å². The Balaban J connectivity index is 1.80. The fourth-order valence-corrected chi connectivity index (χ4v) is 4.10. The highest BCUT2D eigenvalue weighted by atomic mass is 16.5. The van der Waals surface area contributed by atoms with Crippen molar-refractivity contribution in [2.75, 3.05) is 34.4 Å². The van der Waals surface area contributed by atoms with E-state index in [2.05, 4.69) is 0 Å².